The van der Waals surface area contributed by atoms with Crippen LogP contribution in [0.15, 0.2) is 30.3 Å². The molecule has 0 radical (unpaired) electrons. The highest BCUT2D eigenvalue weighted by atomic mass is 16.5. The minimum absolute atomic E-state index is 0.215. The second-order valence-corrected chi connectivity index (χ2v) is 4.44. The number of carbonyl (C=O) groups is 1. The van der Waals surface area contributed by atoms with Gasteiger partial charge in [-0.1, -0.05) is 24.6 Å². The molecule has 2 unspecified atom stereocenters. The summed E-state index contributed by atoms with van der Waals surface area (Å²) in [7, 11) is 0. The molecule has 1 amide bonds. The van der Waals surface area contributed by atoms with E-state index in [-0.39, 0.29) is 6.04 Å². The summed E-state index contributed by atoms with van der Waals surface area (Å²) in [5.74, 6) is 0.944. The number of nitrogens with one attached hydrogen (secondary N) is 1. The first-order valence-corrected chi connectivity index (χ1v) is 6.02. The van der Waals surface area contributed by atoms with E-state index in [4.69, 9.17) is 10.5 Å². The highest BCUT2D eigenvalue weighted by Crippen LogP contribution is 2.23. The van der Waals surface area contributed by atoms with Crippen molar-refractivity contribution in [2.24, 2.45) is 11.7 Å². The Morgan fingerprint density at radius 3 is 2.76 bits per heavy atom. The third kappa shape index (κ3) is 3.46. The van der Waals surface area contributed by atoms with E-state index in [1.165, 1.54) is 0 Å². The molecule has 0 spiro atoms. The fraction of sp³-hybridized carbons (Fsp3) is 0.462. The minimum atomic E-state index is -0.407. The minimum Gasteiger partial charge on any atom is -0.410 e. The number of hydrogen-bond donors (Lipinski definition) is 2. The van der Waals surface area contributed by atoms with Crippen molar-refractivity contribution in [3.8, 4) is 5.75 Å². The Morgan fingerprint density at radius 1 is 1.35 bits per heavy atom. The molecule has 92 valence electrons. The second-order valence-electron chi connectivity index (χ2n) is 4.44. The van der Waals surface area contributed by atoms with Gasteiger partial charge in [-0.05, 0) is 30.9 Å². The van der Waals surface area contributed by atoms with Crippen molar-refractivity contribution >= 4 is 6.09 Å². The third-order valence-corrected chi connectivity index (χ3v) is 3.18. The summed E-state index contributed by atoms with van der Waals surface area (Å²) >= 11 is 0. The predicted molar refractivity (Wildman–Crippen MR) is 65.8 cm³/mol. The van der Waals surface area contributed by atoms with Gasteiger partial charge in [-0.25, -0.2) is 4.79 Å². The molecule has 2 atom stereocenters. The van der Waals surface area contributed by atoms with Crippen molar-refractivity contribution in [2.45, 2.75) is 25.3 Å². The van der Waals surface area contributed by atoms with E-state index in [0.717, 1.165) is 19.3 Å². The van der Waals surface area contributed by atoms with Gasteiger partial charge < -0.3 is 15.8 Å². The fourth-order valence-electron chi connectivity index (χ4n) is 2.17. The second kappa shape index (κ2) is 5.68. The van der Waals surface area contributed by atoms with E-state index >= 15 is 0 Å². The fourth-order valence-corrected chi connectivity index (χ4v) is 2.17. The molecule has 3 N–H and O–H groups in total. The molecule has 17 heavy (non-hydrogen) atoms. The Bertz CT molecular complexity index is 367. The summed E-state index contributed by atoms with van der Waals surface area (Å²) in [5, 5.41) is 2.76. The smallest absolute Gasteiger partial charge is 0.410 e. The van der Waals surface area contributed by atoms with Gasteiger partial charge in [-0.15, -0.1) is 0 Å². The number of para-hydroxylation sites is 1. The van der Waals surface area contributed by atoms with Crippen molar-refractivity contribution in [2.75, 3.05) is 6.54 Å². The molecule has 1 aromatic carbocycles. The number of carbonyl (C=O) groups excluding carboxylic acids is 1. The lowest BCUT2D eigenvalue weighted by atomic mass is 10.1. The van der Waals surface area contributed by atoms with Crippen LogP contribution in [0.1, 0.15) is 19.3 Å². The van der Waals surface area contributed by atoms with Crippen LogP contribution in [0, 0.1) is 5.92 Å². The maximum atomic E-state index is 11.5. The standard InChI is InChI=1S/C13H18N2O2/c14-12-8-4-5-10(12)9-15-13(16)17-11-6-2-1-3-7-11/h1-3,6-7,10,12H,4-5,8-9,14H2,(H,15,16). The van der Waals surface area contributed by atoms with Gasteiger partial charge >= 0.3 is 6.09 Å². The molecule has 1 aromatic rings. The summed E-state index contributed by atoms with van der Waals surface area (Å²) in [6.45, 7) is 0.604. The van der Waals surface area contributed by atoms with Gasteiger partial charge in [0, 0.05) is 12.6 Å². The Hall–Kier alpha value is -1.55. The molecule has 0 aromatic heterocycles. The predicted octanol–water partition coefficient (Wildman–Crippen LogP) is 1.90. The van der Waals surface area contributed by atoms with Gasteiger partial charge in [0.2, 0.25) is 0 Å². The lowest BCUT2D eigenvalue weighted by Gasteiger charge is -2.15. The molecule has 0 aliphatic heterocycles. The summed E-state index contributed by atoms with van der Waals surface area (Å²) in [5.41, 5.74) is 5.93. The van der Waals surface area contributed by atoms with Crippen molar-refractivity contribution < 1.29 is 9.53 Å². The quantitative estimate of drug-likeness (QED) is 0.839. The molecule has 1 saturated carbocycles. The summed E-state index contributed by atoms with van der Waals surface area (Å²) < 4.78 is 5.12. The highest BCUT2D eigenvalue weighted by Gasteiger charge is 2.24. The SMILES string of the molecule is NC1CCCC1CNC(=O)Oc1ccccc1. The van der Waals surface area contributed by atoms with Gasteiger partial charge in [0.1, 0.15) is 5.75 Å². The van der Waals surface area contributed by atoms with E-state index in [9.17, 15) is 4.79 Å². The van der Waals surface area contributed by atoms with Gasteiger partial charge in [0.05, 0.1) is 0 Å². The number of nitrogens with two attached hydrogens (primary N) is 1. The highest BCUT2D eigenvalue weighted by molar-refractivity contribution is 5.70. The first kappa shape index (κ1) is 11.9. The van der Waals surface area contributed by atoms with Crippen LogP contribution in [0.4, 0.5) is 4.79 Å². The van der Waals surface area contributed by atoms with Crippen molar-refractivity contribution in [3.05, 3.63) is 30.3 Å². The summed E-state index contributed by atoms with van der Waals surface area (Å²) in [6.07, 6.45) is 2.89. The largest absolute Gasteiger partial charge is 0.412 e. The van der Waals surface area contributed by atoms with Crippen LogP contribution in [-0.4, -0.2) is 18.7 Å². The van der Waals surface area contributed by atoms with Crippen molar-refractivity contribution in [1.82, 2.24) is 5.32 Å². The van der Waals surface area contributed by atoms with Crippen LogP contribution in [0.3, 0.4) is 0 Å². The first-order valence-electron chi connectivity index (χ1n) is 6.02. The van der Waals surface area contributed by atoms with Crippen LogP contribution >= 0.6 is 0 Å². The van der Waals surface area contributed by atoms with E-state index in [1.807, 2.05) is 18.2 Å². The molecule has 0 saturated heterocycles. The zero-order chi connectivity index (χ0) is 12.1. The molecule has 1 aliphatic carbocycles. The van der Waals surface area contributed by atoms with Gasteiger partial charge in [0.15, 0.2) is 0 Å². The van der Waals surface area contributed by atoms with E-state index in [1.54, 1.807) is 12.1 Å². The van der Waals surface area contributed by atoms with E-state index in [0.29, 0.717) is 18.2 Å². The summed E-state index contributed by atoms with van der Waals surface area (Å²) in [6, 6.07) is 9.25. The number of rotatable bonds is 3. The van der Waals surface area contributed by atoms with E-state index < -0.39 is 6.09 Å². The number of benzene rings is 1. The maximum Gasteiger partial charge on any atom is 0.412 e. The Labute approximate surface area is 101 Å². The molecular formula is C13H18N2O2. The molecule has 1 aliphatic rings. The molecule has 2 rings (SSSR count). The molecular weight excluding hydrogens is 216 g/mol. The monoisotopic (exact) mass is 234 g/mol. The van der Waals surface area contributed by atoms with Crippen LogP contribution in [0.25, 0.3) is 0 Å². The van der Waals surface area contributed by atoms with Crippen LogP contribution in [-0.2, 0) is 0 Å². The van der Waals surface area contributed by atoms with Crippen LogP contribution in [0.2, 0.25) is 0 Å². The third-order valence-electron chi connectivity index (χ3n) is 3.18. The number of ether oxygens (including phenoxy) is 1. The molecule has 1 fully saturated rings. The Morgan fingerprint density at radius 2 is 2.12 bits per heavy atom. The molecule has 0 bridgehead atoms. The number of hydrogen-bond acceptors (Lipinski definition) is 3. The molecule has 4 heteroatoms. The van der Waals surface area contributed by atoms with Gasteiger partial charge in [-0.2, -0.15) is 0 Å². The normalized spacial score (nSPS) is 23.4. The molecule has 0 heterocycles. The average Bonchev–Trinajstić information content (AvgIpc) is 2.74. The van der Waals surface area contributed by atoms with Crippen LogP contribution < -0.4 is 15.8 Å². The Balaban J connectivity index is 1.74. The topological polar surface area (TPSA) is 64.3 Å². The lowest BCUT2D eigenvalue weighted by molar-refractivity contribution is 0.198. The maximum absolute atomic E-state index is 11.5. The number of amides is 1. The molecule has 4 nitrogen and oxygen atoms in total. The lowest BCUT2D eigenvalue weighted by Crippen LogP contribution is -2.37. The van der Waals surface area contributed by atoms with Crippen molar-refractivity contribution in [3.63, 3.8) is 0 Å². The van der Waals surface area contributed by atoms with Gasteiger partial charge in [0.25, 0.3) is 0 Å². The summed E-state index contributed by atoms with van der Waals surface area (Å²) in [4.78, 5) is 11.5. The zero-order valence-corrected chi connectivity index (χ0v) is 9.76. The average molecular weight is 234 g/mol. The Kier molecular flexibility index (Phi) is 3.98. The van der Waals surface area contributed by atoms with Gasteiger partial charge in [-0.3, -0.25) is 0 Å². The van der Waals surface area contributed by atoms with E-state index in [2.05, 4.69) is 5.32 Å². The van der Waals surface area contributed by atoms with Crippen molar-refractivity contribution in [1.29, 1.82) is 0 Å². The first-order chi connectivity index (χ1) is 8.25. The zero-order valence-electron chi connectivity index (χ0n) is 9.76. The van der Waals surface area contributed by atoms with Crippen LogP contribution in [0.5, 0.6) is 5.75 Å².